The highest BCUT2D eigenvalue weighted by atomic mass is 127. The van der Waals surface area contributed by atoms with Gasteiger partial charge in [0.05, 0.1) is 14.2 Å². The fourth-order valence-electron chi connectivity index (χ4n) is 4.46. The predicted octanol–water partition coefficient (Wildman–Crippen LogP) is 6.63. The lowest BCUT2D eigenvalue weighted by atomic mass is 9.82. The van der Waals surface area contributed by atoms with Crippen molar-refractivity contribution in [3.05, 3.63) is 56.6 Å². The minimum absolute atomic E-state index is 0.371. The molecule has 0 amide bonds. The van der Waals surface area contributed by atoms with Crippen molar-refractivity contribution in [3.63, 3.8) is 0 Å². The average molecular weight is 480 g/mol. The van der Waals surface area contributed by atoms with Gasteiger partial charge in [-0.1, -0.05) is 48.6 Å². The van der Waals surface area contributed by atoms with E-state index in [-0.39, 0.29) is 0 Å². The molecule has 27 heavy (non-hydrogen) atoms. The van der Waals surface area contributed by atoms with Crippen LogP contribution in [-0.2, 0) is 12.8 Å². The fraction of sp³-hybridized carbons (Fsp3) is 0.500. The number of hydrogen-bond acceptors (Lipinski definition) is 2. The van der Waals surface area contributed by atoms with Crippen LogP contribution in [0.2, 0.25) is 0 Å². The average Bonchev–Trinajstić information content (AvgIpc) is 2.66. The first-order valence-electron chi connectivity index (χ1n) is 9.75. The van der Waals surface area contributed by atoms with Gasteiger partial charge < -0.3 is 9.47 Å². The zero-order chi connectivity index (χ0) is 20.3. The predicted molar refractivity (Wildman–Crippen MR) is 124 cm³/mol. The summed E-state index contributed by atoms with van der Waals surface area (Å²) in [5, 5.41) is 0. The highest BCUT2D eigenvalue weighted by Crippen LogP contribution is 2.40. The molecule has 2 aromatic carbocycles. The second kappa shape index (κ2) is 9.31. The van der Waals surface area contributed by atoms with Crippen molar-refractivity contribution >= 4 is 22.6 Å². The minimum Gasteiger partial charge on any atom is -0.496 e. The van der Waals surface area contributed by atoms with E-state index >= 15 is 0 Å². The summed E-state index contributed by atoms with van der Waals surface area (Å²) in [6, 6.07) is 4.67. The maximum atomic E-state index is 5.71. The number of rotatable bonds is 7. The normalized spacial score (nSPS) is 11.2. The largest absolute Gasteiger partial charge is 0.496 e. The van der Waals surface area contributed by atoms with E-state index in [9.17, 15) is 0 Å². The SMILES string of the molecule is CCc1c(C)c(C(CI)c2cc(C)c(OC)c(CC)c2C)cc(C)c1OC. The molecule has 0 atom stereocenters. The zero-order valence-corrected chi connectivity index (χ0v) is 20.2. The molecule has 0 radical (unpaired) electrons. The highest BCUT2D eigenvalue weighted by molar-refractivity contribution is 14.1. The van der Waals surface area contributed by atoms with Gasteiger partial charge in [0.1, 0.15) is 11.5 Å². The number of benzene rings is 2. The maximum Gasteiger partial charge on any atom is 0.125 e. The number of hydrogen-bond donors (Lipinski definition) is 0. The second-order valence-electron chi connectivity index (χ2n) is 7.25. The Hall–Kier alpha value is -1.23. The van der Waals surface area contributed by atoms with Gasteiger partial charge in [0.2, 0.25) is 0 Å². The van der Waals surface area contributed by atoms with Crippen LogP contribution in [0.4, 0.5) is 0 Å². The van der Waals surface area contributed by atoms with Gasteiger partial charge in [-0.05, 0) is 85.0 Å². The van der Waals surface area contributed by atoms with Crippen molar-refractivity contribution in [1.82, 2.24) is 0 Å². The van der Waals surface area contributed by atoms with Crippen molar-refractivity contribution in [1.29, 1.82) is 0 Å². The molecule has 0 unspecified atom stereocenters. The van der Waals surface area contributed by atoms with Crippen LogP contribution in [0.3, 0.4) is 0 Å². The molecule has 0 bridgehead atoms. The molecule has 0 spiro atoms. The Morgan fingerprint density at radius 1 is 0.778 bits per heavy atom. The lowest BCUT2D eigenvalue weighted by Crippen LogP contribution is -2.12. The topological polar surface area (TPSA) is 18.5 Å². The Bertz CT molecular complexity index is 757. The van der Waals surface area contributed by atoms with Crippen LogP contribution in [0.15, 0.2) is 12.1 Å². The molecular weight excluding hydrogens is 447 g/mol. The molecule has 148 valence electrons. The molecule has 0 saturated heterocycles. The summed E-state index contributed by atoms with van der Waals surface area (Å²) < 4.78 is 12.5. The third kappa shape index (κ3) is 3.98. The number of methoxy groups -OCH3 is 2. The Labute approximate surface area is 178 Å². The van der Waals surface area contributed by atoms with E-state index in [1.807, 2.05) is 0 Å². The number of aryl methyl sites for hydroxylation is 2. The zero-order valence-electron chi connectivity index (χ0n) is 18.0. The van der Waals surface area contributed by atoms with Crippen LogP contribution in [0, 0.1) is 27.7 Å². The summed E-state index contributed by atoms with van der Waals surface area (Å²) in [7, 11) is 3.56. The van der Waals surface area contributed by atoms with Gasteiger partial charge in [0.25, 0.3) is 0 Å². The van der Waals surface area contributed by atoms with Gasteiger partial charge in [-0.2, -0.15) is 0 Å². The molecule has 3 heteroatoms. The third-order valence-electron chi connectivity index (χ3n) is 5.80. The molecule has 2 nitrogen and oxygen atoms in total. The van der Waals surface area contributed by atoms with Crippen molar-refractivity contribution in [2.75, 3.05) is 18.6 Å². The fourth-order valence-corrected chi connectivity index (χ4v) is 5.41. The van der Waals surface area contributed by atoms with E-state index in [4.69, 9.17) is 9.47 Å². The first kappa shape index (κ1) is 22.1. The van der Waals surface area contributed by atoms with Crippen LogP contribution >= 0.6 is 22.6 Å². The second-order valence-corrected chi connectivity index (χ2v) is 8.13. The molecular formula is C24H33IO2. The van der Waals surface area contributed by atoms with Gasteiger partial charge in [0, 0.05) is 10.3 Å². The molecule has 0 aliphatic rings. The molecule has 0 saturated carbocycles. The van der Waals surface area contributed by atoms with Gasteiger partial charge in [0.15, 0.2) is 0 Å². The van der Waals surface area contributed by atoms with Gasteiger partial charge in [-0.25, -0.2) is 0 Å². The van der Waals surface area contributed by atoms with E-state index in [2.05, 4.69) is 76.3 Å². The van der Waals surface area contributed by atoms with Crippen molar-refractivity contribution < 1.29 is 9.47 Å². The van der Waals surface area contributed by atoms with E-state index in [1.165, 1.54) is 44.5 Å². The molecule has 0 aliphatic carbocycles. The summed E-state index contributed by atoms with van der Waals surface area (Å²) in [6.07, 6.45) is 1.97. The van der Waals surface area contributed by atoms with Gasteiger partial charge in [-0.15, -0.1) is 0 Å². The first-order chi connectivity index (χ1) is 12.9. The molecule has 0 fully saturated rings. The number of halogens is 1. The molecule has 0 heterocycles. The summed E-state index contributed by atoms with van der Waals surface area (Å²) in [4.78, 5) is 0. The van der Waals surface area contributed by atoms with E-state index in [0.29, 0.717) is 5.92 Å². The van der Waals surface area contributed by atoms with Crippen LogP contribution in [0.5, 0.6) is 11.5 Å². The molecule has 0 N–H and O–H groups in total. The summed E-state index contributed by atoms with van der Waals surface area (Å²) >= 11 is 2.53. The summed E-state index contributed by atoms with van der Waals surface area (Å²) in [5.41, 5.74) is 10.7. The van der Waals surface area contributed by atoms with Crippen LogP contribution in [0.25, 0.3) is 0 Å². The van der Waals surface area contributed by atoms with Gasteiger partial charge in [-0.3, -0.25) is 0 Å². The standard InChI is InChI=1S/C24H33IO2/c1-9-18-16(5)20(11-14(3)23(18)26-7)22(13-25)21-12-15(4)24(27-8)19(10-2)17(21)6/h11-12,22H,9-10,13H2,1-8H3. The maximum absolute atomic E-state index is 5.71. The lowest BCUT2D eigenvalue weighted by Gasteiger charge is -2.26. The van der Waals surface area contributed by atoms with E-state index in [1.54, 1.807) is 14.2 Å². The summed E-state index contributed by atoms with van der Waals surface area (Å²) in [6.45, 7) is 13.3. The van der Waals surface area contributed by atoms with Crippen LogP contribution in [0.1, 0.15) is 64.3 Å². The summed E-state index contributed by atoms with van der Waals surface area (Å²) in [5.74, 6) is 2.46. The Kier molecular flexibility index (Phi) is 7.61. The van der Waals surface area contributed by atoms with Crippen molar-refractivity contribution in [2.24, 2.45) is 0 Å². The quantitative estimate of drug-likeness (QED) is 0.327. The molecule has 0 aromatic heterocycles. The first-order valence-corrected chi connectivity index (χ1v) is 11.3. The molecule has 0 aliphatic heterocycles. The number of alkyl halides is 1. The van der Waals surface area contributed by atoms with E-state index < -0.39 is 0 Å². The monoisotopic (exact) mass is 480 g/mol. The highest BCUT2D eigenvalue weighted by Gasteiger charge is 2.24. The Balaban J connectivity index is 2.76. The van der Waals surface area contributed by atoms with Crippen LogP contribution < -0.4 is 9.47 Å². The van der Waals surface area contributed by atoms with Crippen LogP contribution in [-0.4, -0.2) is 18.6 Å². The minimum atomic E-state index is 0.371. The lowest BCUT2D eigenvalue weighted by molar-refractivity contribution is 0.406. The van der Waals surface area contributed by atoms with Gasteiger partial charge >= 0.3 is 0 Å². The van der Waals surface area contributed by atoms with Crippen molar-refractivity contribution in [3.8, 4) is 11.5 Å². The molecule has 2 aromatic rings. The van der Waals surface area contributed by atoms with Crippen molar-refractivity contribution in [2.45, 2.75) is 60.3 Å². The third-order valence-corrected chi connectivity index (χ3v) is 6.68. The smallest absolute Gasteiger partial charge is 0.125 e. The Morgan fingerprint density at radius 2 is 1.15 bits per heavy atom. The number of ether oxygens (including phenoxy) is 2. The van der Waals surface area contributed by atoms with E-state index in [0.717, 1.165) is 28.8 Å². The molecule has 2 rings (SSSR count). The Morgan fingerprint density at radius 3 is 1.41 bits per heavy atom.